The van der Waals surface area contributed by atoms with Crippen LogP contribution in [0.15, 0.2) is 6.07 Å². The molecule has 2 fully saturated rings. The van der Waals surface area contributed by atoms with Crippen LogP contribution in [0, 0.1) is 5.92 Å². The van der Waals surface area contributed by atoms with Crippen molar-refractivity contribution in [2.24, 2.45) is 5.92 Å². The average Bonchev–Trinajstić information content (AvgIpc) is 2.92. The summed E-state index contributed by atoms with van der Waals surface area (Å²) in [7, 11) is 2.11. The first-order valence-electron chi connectivity index (χ1n) is 10.5. The molecule has 0 bridgehead atoms. The molecular formula is C21H31N3O2S. The summed E-state index contributed by atoms with van der Waals surface area (Å²) in [6.45, 7) is 5.42. The molecule has 148 valence electrons. The van der Waals surface area contributed by atoms with Crippen LogP contribution in [0.2, 0.25) is 0 Å². The minimum atomic E-state index is 0.0941. The van der Waals surface area contributed by atoms with Crippen LogP contribution in [0.4, 0.5) is 0 Å². The molecule has 2 saturated heterocycles. The van der Waals surface area contributed by atoms with Crippen LogP contribution < -0.4 is 0 Å². The topological polar surface area (TPSA) is 43.9 Å². The molecule has 4 rings (SSSR count). The van der Waals surface area contributed by atoms with Crippen LogP contribution in [-0.2, 0) is 17.6 Å². The van der Waals surface area contributed by atoms with Gasteiger partial charge in [-0.15, -0.1) is 11.3 Å². The van der Waals surface area contributed by atoms with E-state index in [0.717, 1.165) is 76.2 Å². The number of hydrogen-bond acceptors (Lipinski definition) is 4. The molecule has 0 radical (unpaired) electrons. The molecule has 2 amide bonds. The molecule has 2 aliphatic heterocycles. The predicted octanol–water partition coefficient (Wildman–Crippen LogP) is 2.64. The summed E-state index contributed by atoms with van der Waals surface area (Å²) >= 11 is 1.67. The summed E-state index contributed by atoms with van der Waals surface area (Å²) in [4.78, 5) is 34.4. The van der Waals surface area contributed by atoms with Gasteiger partial charge >= 0.3 is 0 Å². The summed E-state index contributed by atoms with van der Waals surface area (Å²) in [6, 6.07) is 2.09. The number of hydrogen-bond donors (Lipinski definition) is 0. The summed E-state index contributed by atoms with van der Waals surface area (Å²) in [5.41, 5.74) is 1.25. The zero-order chi connectivity index (χ0) is 18.8. The fraction of sp³-hybridized carbons (Fsp3) is 0.714. The van der Waals surface area contributed by atoms with Crippen LogP contribution in [0.5, 0.6) is 0 Å². The minimum absolute atomic E-state index is 0.0941. The highest BCUT2D eigenvalue weighted by Crippen LogP contribution is 2.34. The molecule has 3 aliphatic rings. The van der Waals surface area contributed by atoms with Gasteiger partial charge in [0.1, 0.15) is 0 Å². The number of fused-ring (bicyclic) bond motifs is 1. The third kappa shape index (κ3) is 4.21. The Morgan fingerprint density at radius 3 is 2.37 bits per heavy atom. The Hall–Kier alpha value is -1.40. The predicted molar refractivity (Wildman–Crippen MR) is 108 cm³/mol. The lowest BCUT2D eigenvalue weighted by atomic mass is 9.87. The molecule has 1 aromatic heterocycles. The number of amides is 2. The lowest BCUT2D eigenvalue weighted by Crippen LogP contribution is -2.49. The number of carbonyl (C=O) groups is 2. The number of rotatable bonds is 2. The maximum absolute atomic E-state index is 12.9. The molecule has 1 aliphatic carbocycles. The maximum atomic E-state index is 12.9. The van der Waals surface area contributed by atoms with E-state index in [4.69, 9.17) is 0 Å². The van der Waals surface area contributed by atoms with Crippen LogP contribution in [0.1, 0.15) is 52.2 Å². The van der Waals surface area contributed by atoms with Crippen LogP contribution in [0.25, 0.3) is 0 Å². The van der Waals surface area contributed by atoms with Crippen LogP contribution in [-0.4, -0.2) is 72.8 Å². The van der Waals surface area contributed by atoms with Gasteiger partial charge in [-0.3, -0.25) is 9.59 Å². The normalized spacial score (nSPS) is 24.4. The molecule has 0 aromatic carbocycles. The van der Waals surface area contributed by atoms with Crippen LogP contribution in [0.3, 0.4) is 0 Å². The summed E-state index contributed by atoms with van der Waals surface area (Å²) in [6.07, 6.45) is 7.40. The van der Waals surface area contributed by atoms with Crippen molar-refractivity contribution in [1.82, 2.24) is 14.7 Å². The number of thiophene rings is 1. The summed E-state index contributed by atoms with van der Waals surface area (Å²) in [5, 5.41) is 0. The third-order valence-corrected chi connectivity index (χ3v) is 7.58. The highest BCUT2D eigenvalue weighted by molar-refractivity contribution is 7.14. The van der Waals surface area contributed by atoms with Crippen LogP contribution >= 0.6 is 11.3 Å². The Morgan fingerprint density at radius 2 is 1.67 bits per heavy atom. The van der Waals surface area contributed by atoms with Gasteiger partial charge in [0.25, 0.3) is 5.91 Å². The molecule has 1 aromatic rings. The van der Waals surface area contributed by atoms with Gasteiger partial charge in [-0.25, -0.2) is 0 Å². The molecule has 6 heteroatoms. The molecule has 5 nitrogen and oxygen atoms in total. The monoisotopic (exact) mass is 389 g/mol. The van der Waals surface area contributed by atoms with Gasteiger partial charge in [0.15, 0.2) is 0 Å². The zero-order valence-corrected chi connectivity index (χ0v) is 17.2. The molecular weight excluding hydrogens is 358 g/mol. The fourth-order valence-corrected chi connectivity index (χ4v) is 5.73. The number of nitrogens with zero attached hydrogens (tertiary/aromatic N) is 3. The van der Waals surface area contributed by atoms with E-state index >= 15 is 0 Å². The van der Waals surface area contributed by atoms with E-state index in [9.17, 15) is 9.59 Å². The van der Waals surface area contributed by atoms with E-state index in [-0.39, 0.29) is 11.8 Å². The number of aryl methyl sites for hydroxylation is 1. The molecule has 0 unspecified atom stereocenters. The lowest BCUT2D eigenvalue weighted by Gasteiger charge is -2.35. The SMILES string of the molecule is CN1CCN(C(=O)[C@H]2CCc3sc(C(=O)N4CCCCCC4)cc3C2)CC1. The van der Waals surface area contributed by atoms with Crippen molar-refractivity contribution in [2.45, 2.75) is 44.9 Å². The van der Waals surface area contributed by atoms with Gasteiger partial charge in [-0.2, -0.15) is 0 Å². The quantitative estimate of drug-likeness (QED) is 0.781. The average molecular weight is 390 g/mol. The largest absolute Gasteiger partial charge is 0.340 e. The van der Waals surface area contributed by atoms with E-state index in [1.165, 1.54) is 23.3 Å². The number of likely N-dealkylation sites (tertiary alicyclic amines) is 1. The number of likely N-dealkylation sites (N-methyl/N-ethyl adjacent to an activating group) is 1. The van der Waals surface area contributed by atoms with Gasteiger partial charge in [-0.05, 0) is 50.8 Å². The van der Waals surface area contributed by atoms with Crippen molar-refractivity contribution < 1.29 is 9.59 Å². The van der Waals surface area contributed by atoms with Crippen molar-refractivity contribution in [1.29, 1.82) is 0 Å². The van der Waals surface area contributed by atoms with E-state index in [1.54, 1.807) is 11.3 Å². The van der Waals surface area contributed by atoms with E-state index in [2.05, 4.69) is 18.0 Å². The summed E-state index contributed by atoms with van der Waals surface area (Å²) < 4.78 is 0. The van der Waals surface area contributed by atoms with Gasteiger partial charge in [0.05, 0.1) is 4.88 Å². The van der Waals surface area contributed by atoms with E-state index < -0.39 is 0 Å². The second-order valence-electron chi connectivity index (χ2n) is 8.33. The smallest absolute Gasteiger partial charge is 0.263 e. The van der Waals surface area contributed by atoms with E-state index in [0.29, 0.717) is 5.91 Å². The van der Waals surface area contributed by atoms with Crippen molar-refractivity contribution in [3.05, 3.63) is 21.4 Å². The highest BCUT2D eigenvalue weighted by atomic mass is 32.1. The minimum Gasteiger partial charge on any atom is -0.340 e. The Balaban J connectivity index is 1.41. The van der Waals surface area contributed by atoms with Gasteiger partial charge in [-0.1, -0.05) is 12.8 Å². The zero-order valence-electron chi connectivity index (χ0n) is 16.4. The first kappa shape index (κ1) is 18.9. The number of piperazine rings is 1. The molecule has 27 heavy (non-hydrogen) atoms. The number of carbonyl (C=O) groups excluding carboxylic acids is 2. The maximum Gasteiger partial charge on any atom is 0.263 e. The Bertz CT molecular complexity index is 686. The third-order valence-electron chi connectivity index (χ3n) is 6.35. The molecule has 0 saturated carbocycles. The van der Waals surface area contributed by atoms with Gasteiger partial charge in [0.2, 0.25) is 5.91 Å². The second-order valence-corrected chi connectivity index (χ2v) is 9.47. The highest BCUT2D eigenvalue weighted by Gasteiger charge is 2.32. The first-order valence-corrected chi connectivity index (χ1v) is 11.3. The van der Waals surface area contributed by atoms with Crippen molar-refractivity contribution in [3.63, 3.8) is 0 Å². The Morgan fingerprint density at radius 1 is 0.963 bits per heavy atom. The van der Waals surface area contributed by atoms with E-state index in [1.807, 2.05) is 9.80 Å². The van der Waals surface area contributed by atoms with Crippen molar-refractivity contribution in [2.75, 3.05) is 46.3 Å². The molecule has 0 N–H and O–H groups in total. The van der Waals surface area contributed by atoms with Crippen molar-refractivity contribution in [3.8, 4) is 0 Å². The Labute approximate surface area is 166 Å². The van der Waals surface area contributed by atoms with Gasteiger partial charge < -0.3 is 14.7 Å². The molecule has 0 spiro atoms. The summed E-state index contributed by atoms with van der Waals surface area (Å²) in [5.74, 6) is 0.621. The second kappa shape index (κ2) is 8.31. The molecule has 1 atom stereocenters. The van der Waals surface area contributed by atoms with Gasteiger partial charge in [0, 0.05) is 50.1 Å². The van der Waals surface area contributed by atoms with Crippen molar-refractivity contribution >= 4 is 23.2 Å². The lowest BCUT2D eigenvalue weighted by molar-refractivity contribution is -0.137. The fourth-order valence-electron chi connectivity index (χ4n) is 4.55. The Kier molecular flexibility index (Phi) is 5.83. The first-order chi connectivity index (χ1) is 13.1. The standard InChI is InChI=1S/C21H31N3O2S/c1-22-10-12-24(13-11-22)20(25)16-6-7-18-17(14-16)15-19(27-18)21(26)23-8-4-2-3-5-9-23/h15-16H,2-14H2,1H3/t16-/m0/s1. The molecule has 3 heterocycles.